The quantitative estimate of drug-likeness (QED) is 0.202. The topological polar surface area (TPSA) is 4.93 Å². The molecule has 0 aliphatic carbocycles. The van der Waals surface area contributed by atoms with Gasteiger partial charge in [0.2, 0.25) is 0 Å². The Hall–Kier alpha value is -3.29. The van der Waals surface area contributed by atoms with E-state index in [9.17, 15) is 0 Å². The van der Waals surface area contributed by atoms with Gasteiger partial charge in [-0.15, -0.1) is 11.6 Å². The lowest BCUT2D eigenvalue weighted by atomic mass is 9.92. The van der Waals surface area contributed by atoms with Crippen LogP contribution in [0.4, 0.5) is 0 Å². The van der Waals surface area contributed by atoms with E-state index in [-0.39, 0.29) is 0 Å². The van der Waals surface area contributed by atoms with Crippen molar-refractivity contribution in [2.75, 3.05) is 5.88 Å². The molecule has 0 amide bonds. The van der Waals surface area contributed by atoms with Gasteiger partial charge in [-0.2, -0.15) is 0 Å². The minimum atomic E-state index is 0.609. The van der Waals surface area contributed by atoms with E-state index < -0.39 is 0 Å². The highest BCUT2D eigenvalue weighted by Crippen LogP contribution is 2.33. The number of benzene rings is 5. The highest BCUT2D eigenvalue weighted by molar-refractivity contribution is 6.18. The molecular weight excluding hydrogens is 398 g/mol. The van der Waals surface area contributed by atoms with Crippen LogP contribution in [0.15, 0.2) is 97.1 Å². The maximum atomic E-state index is 6.12. The molecule has 0 saturated heterocycles. The second-order valence-electron chi connectivity index (χ2n) is 8.18. The van der Waals surface area contributed by atoms with Crippen molar-refractivity contribution >= 4 is 55.0 Å². The third kappa shape index (κ3) is 3.00. The first kappa shape index (κ1) is 18.5. The fourth-order valence-corrected chi connectivity index (χ4v) is 5.21. The molecule has 0 unspecified atom stereocenters. The zero-order chi connectivity index (χ0) is 20.8. The second-order valence-corrected chi connectivity index (χ2v) is 8.56. The Morgan fingerprint density at radius 1 is 0.581 bits per heavy atom. The van der Waals surface area contributed by atoms with Crippen LogP contribution in [-0.2, 0) is 13.0 Å². The lowest BCUT2D eigenvalue weighted by Crippen LogP contribution is -1.98. The highest BCUT2D eigenvalue weighted by atomic mass is 35.5. The van der Waals surface area contributed by atoms with E-state index in [1.165, 1.54) is 54.5 Å². The van der Waals surface area contributed by atoms with Gasteiger partial charge in [-0.3, -0.25) is 0 Å². The van der Waals surface area contributed by atoms with Gasteiger partial charge >= 0.3 is 0 Å². The predicted molar refractivity (Wildman–Crippen MR) is 134 cm³/mol. The van der Waals surface area contributed by atoms with Gasteiger partial charge in [0.25, 0.3) is 0 Å². The fourth-order valence-electron chi connectivity index (χ4n) is 5.04. The maximum absolute atomic E-state index is 6.12. The summed E-state index contributed by atoms with van der Waals surface area (Å²) in [5, 5.41) is 7.89. The second kappa shape index (κ2) is 7.44. The Morgan fingerprint density at radius 3 is 1.90 bits per heavy atom. The predicted octanol–water partition coefficient (Wildman–Crippen LogP) is 7.93. The Morgan fingerprint density at radius 2 is 1.19 bits per heavy atom. The highest BCUT2D eigenvalue weighted by Gasteiger charge is 2.13. The third-order valence-corrected chi connectivity index (χ3v) is 6.58. The average molecular weight is 420 g/mol. The van der Waals surface area contributed by atoms with E-state index in [1.54, 1.807) is 0 Å². The first-order valence-electron chi connectivity index (χ1n) is 10.8. The van der Waals surface area contributed by atoms with Gasteiger partial charge in [0.1, 0.15) is 0 Å². The van der Waals surface area contributed by atoms with Gasteiger partial charge in [-0.1, -0.05) is 72.8 Å². The Kier molecular flexibility index (Phi) is 4.44. The lowest BCUT2D eigenvalue weighted by molar-refractivity contribution is 0.833. The smallest absolute Gasteiger partial charge is 0.0491 e. The zero-order valence-corrected chi connectivity index (χ0v) is 17.9. The number of nitrogens with zero attached hydrogens (tertiary/aromatic N) is 1. The number of para-hydroxylation sites is 1. The van der Waals surface area contributed by atoms with Crippen molar-refractivity contribution in [1.82, 2.24) is 4.57 Å². The monoisotopic (exact) mass is 419 g/mol. The minimum absolute atomic E-state index is 0.609. The summed E-state index contributed by atoms with van der Waals surface area (Å²) in [5.41, 5.74) is 5.25. The number of aryl methyl sites for hydroxylation is 1. The molecular formula is C29H22ClN. The van der Waals surface area contributed by atoms with Crippen LogP contribution in [-0.4, -0.2) is 10.4 Å². The largest absolute Gasteiger partial charge is 0.339 e. The van der Waals surface area contributed by atoms with Gasteiger partial charge in [-0.25, -0.2) is 0 Å². The molecule has 150 valence electrons. The van der Waals surface area contributed by atoms with Crippen molar-refractivity contribution in [3.8, 4) is 0 Å². The molecule has 0 N–H and O–H groups in total. The van der Waals surface area contributed by atoms with E-state index >= 15 is 0 Å². The molecule has 0 aliphatic rings. The van der Waals surface area contributed by atoms with E-state index in [2.05, 4.69) is 102 Å². The molecule has 0 saturated carbocycles. The molecule has 2 heteroatoms. The summed E-state index contributed by atoms with van der Waals surface area (Å²) in [5.74, 6) is 0.609. The number of rotatable bonds is 4. The van der Waals surface area contributed by atoms with Crippen LogP contribution >= 0.6 is 11.6 Å². The summed E-state index contributed by atoms with van der Waals surface area (Å²) in [6.45, 7) is 0.818. The minimum Gasteiger partial charge on any atom is -0.339 e. The number of fused-ring (bicyclic) bond motifs is 5. The molecule has 0 fully saturated rings. The molecule has 31 heavy (non-hydrogen) atoms. The van der Waals surface area contributed by atoms with Crippen molar-refractivity contribution in [1.29, 1.82) is 0 Å². The molecule has 0 radical (unpaired) electrons. The lowest BCUT2D eigenvalue weighted by Gasteiger charge is -2.12. The van der Waals surface area contributed by atoms with E-state index in [1.807, 2.05) is 0 Å². The summed E-state index contributed by atoms with van der Waals surface area (Å²) in [7, 11) is 0. The molecule has 1 nitrogen and oxygen atoms in total. The summed E-state index contributed by atoms with van der Waals surface area (Å²) >= 11 is 6.12. The molecule has 6 rings (SSSR count). The molecule has 5 aromatic carbocycles. The third-order valence-electron chi connectivity index (χ3n) is 6.41. The summed E-state index contributed by atoms with van der Waals surface area (Å²) in [4.78, 5) is 0. The van der Waals surface area contributed by atoms with Gasteiger partial charge in [0.05, 0.1) is 0 Å². The number of hydrogen-bond acceptors (Lipinski definition) is 0. The first-order chi connectivity index (χ1) is 15.3. The van der Waals surface area contributed by atoms with Crippen LogP contribution in [0.3, 0.4) is 0 Å². The van der Waals surface area contributed by atoms with Crippen LogP contribution in [0.2, 0.25) is 0 Å². The summed E-state index contributed by atoms with van der Waals surface area (Å²) in [6, 6.07) is 35.3. The van der Waals surface area contributed by atoms with Gasteiger partial charge in [0.15, 0.2) is 0 Å². The van der Waals surface area contributed by atoms with Crippen LogP contribution in [0.5, 0.6) is 0 Å². The van der Waals surface area contributed by atoms with Gasteiger partial charge in [-0.05, 0) is 63.4 Å². The van der Waals surface area contributed by atoms with Crippen molar-refractivity contribution in [2.24, 2.45) is 0 Å². The van der Waals surface area contributed by atoms with Crippen LogP contribution in [0, 0.1) is 0 Å². The van der Waals surface area contributed by atoms with E-state index in [4.69, 9.17) is 11.6 Å². The van der Waals surface area contributed by atoms with Gasteiger partial charge < -0.3 is 4.57 Å². The van der Waals surface area contributed by atoms with Crippen LogP contribution in [0.1, 0.15) is 11.1 Å². The Bertz CT molecular complexity index is 1520. The normalized spacial score (nSPS) is 11.8. The Balaban J connectivity index is 1.57. The number of alkyl halides is 1. The van der Waals surface area contributed by atoms with Crippen molar-refractivity contribution in [3.05, 3.63) is 108 Å². The van der Waals surface area contributed by atoms with Gasteiger partial charge in [0, 0.05) is 34.2 Å². The van der Waals surface area contributed by atoms with E-state index in [0.717, 1.165) is 13.0 Å². The zero-order valence-electron chi connectivity index (χ0n) is 17.2. The molecule has 0 aliphatic heterocycles. The van der Waals surface area contributed by atoms with Crippen molar-refractivity contribution < 1.29 is 0 Å². The molecule has 0 atom stereocenters. The average Bonchev–Trinajstić information content (AvgIpc) is 3.12. The van der Waals surface area contributed by atoms with Crippen molar-refractivity contribution in [2.45, 2.75) is 13.0 Å². The summed E-state index contributed by atoms with van der Waals surface area (Å²) < 4.78 is 2.34. The van der Waals surface area contributed by atoms with Crippen molar-refractivity contribution in [3.63, 3.8) is 0 Å². The summed E-state index contributed by atoms with van der Waals surface area (Å²) in [6.07, 6.45) is 0.910. The molecule has 0 bridgehead atoms. The first-order valence-corrected chi connectivity index (χ1v) is 11.3. The van der Waals surface area contributed by atoms with Crippen LogP contribution in [0.25, 0.3) is 43.4 Å². The van der Waals surface area contributed by atoms with Crippen LogP contribution < -0.4 is 0 Å². The SMILES string of the molecule is ClCCn1c2ccccc2c2cc(Cc3c4ccccc4cc4ccccc34)ccc21. The number of halogens is 1. The maximum Gasteiger partial charge on any atom is 0.0491 e. The number of hydrogen-bond donors (Lipinski definition) is 0. The Labute approximate surface area is 186 Å². The number of aromatic nitrogens is 1. The molecule has 1 heterocycles. The van der Waals surface area contributed by atoms with E-state index in [0.29, 0.717) is 5.88 Å². The molecule has 0 spiro atoms. The fraction of sp³-hybridized carbons (Fsp3) is 0.103. The molecule has 1 aromatic heterocycles. The standard InChI is InChI=1S/C29H22ClN/c30-15-16-31-28-12-6-5-11-25(28)27-18-20(13-14-29(27)31)17-26-23-9-3-1-7-21(23)19-22-8-2-4-10-24(22)26/h1-14,18-19H,15-17H2. The molecule has 6 aromatic rings.